The van der Waals surface area contributed by atoms with Gasteiger partial charge in [0.25, 0.3) is 11.8 Å². The van der Waals surface area contributed by atoms with Crippen molar-refractivity contribution >= 4 is 16.8 Å². The molecular formula is C24H27F2N3O5. The summed E-state index contributed by atoms with van der Waals surface area (Å²) in [5.41, 5.74) is 0.917. The molecule has 10 heteroatoms. The Morgan fingerprint density at radius 2 is 2.24 bits per heavy atom. The van der Waals surface area contributed by atoms with E-state index in [1.54, 1.807) is 25.3 Å². The van der Waals surface area contributed by atoms with Crippen LogP contribution in [0.3, 0.4) is 0 Å². The van der Waals surface area contributed by atoms with Gasteiger partial charge in [0.1, 0.15) is 6.61 Å². The minimum Gasteiger partial charge on any atom is -0.492 e. The van der Waals surface area contributed by atoms with Gasteiger partial charge in [-0.1, -0.05) is 18.2 Å². The first kappa shape index (κ1) is 23.9. The quantitative estimate of drug-likeness (QED) is 0.437. The van der Waals surface area contributed by atoms with E-state index in [1.807, 2.05) is 0 Å². The van der Waals surface area contributed by atoms with E-state index < -0.39 is 24.5 Å². The number of hydrogen-bond donors (Lipinski definition) is 3. The molecule has 0 saturated carbocycles. The highest BCUT2D eigenvalue weighted by Crippen LogP contribution is 2.38. The second-order valence-corrected chi connectivity index (χ2v) is 8.34. The Morgan fingerprint density at radius 3 is 2.94 bits per heavy atom. The summed E-state index contributed by atoms with van der Waals surface area (Å²) in [6.45, 7) is 2.14. The van der Waals surface area contributed by atoms with Crippen LogP contribution in [0.25, 0.3) is 10.9 Å². The molecule has 1 aliphatic rings. The number of rotatable bonds is 9. The number of H-pyrrole nitrogens is 1. The Kier molecular flexibility index (Phi) is 6.99. The number of hydrogen-bond acceptors (Lipinski definition) is 6. The summed E-state index contributed by atoms with van der Waals surface area (Å²) in [7, 11) is 1.52. The molecule has 1 aliphatic heterocycles. The molecule has 2 heterocycles. The topological polar surface area (TPSA) is 106 Å². The van der Waals surface area contributed by atoms with Gasteiger partial charge in [0.15, 0.2) is 11.5 Å². The average Bonchev–Trinajstić information content (AvgIpc) is 3.54. The smallest absolute Gasteiger partial charge is 0.295 e. The summed E-state index contributed by atoms with van der Waals surface area (Å²) in [4.78, 5) is 13.2. The van der Waals surface area contributed by atoms with Crippen molar-refractivity contribution in [1.29, 1.82) is 0 Å². The fraction of sp³-hybridized carbons (Fsp3) is 0.417. The van der Waals surface area contributed by atoms with E-state index >= 15 is 0 Å². The van der Waals surface area contributed by atoms with Crippen LogP contribution in [0.2, 0.25) is 0 Å². The third-order valence-corrected chi connectivity index (χ3v) is 5.95. The summed E-state index contributed by atoms with van der Waals surface area (Å²) in [6.07, 6.45) is 2.45. The molecule has 2 aromatic carbocycles. The number of benzene rings is 2. The molecule has 0 aliphatic carbocycles. The maximum atomic E-state index is 13.9. The van der Waals surface area contributed by atoms with Gasteiger partial charge in [-0.25, -0.2) is 0 Å². The number of aromatic amines is 1. The molecule has 182 valence electrons. The van der Waals surface area contributed by atoms with Crippen molar-refractivity contribution in [3.63, 3.8) is 0 Å². The van der Waals surface area contributed by atoms with Crippen molar-refractivity contribution in [2.75, 3.05) is 33.5 Å². The van der Waals surface area contributed by atoms with Crippen molar-refractivity contribution in [1.82, 2.24) is 15.5 Å². The van der Waals surface area contributed by atoms with Gasteiger partial charge in [-0.3, -0.25) is 9.89 Å². The van der Waals surface area contributed by atoms with Crippen LogP contribution >= 0.6 is 0 Å². The molecule has 0 spiro atoms. The lowest BCUT2D eigenvalue weighted by Crippen LogP contribution is -2.27. The Hall–Kier alpha value is -3.24. The van der Waals surface area contributed by atoms with Crippen LogP contribution in [-0.4, -0.2) is 54.7 Å². The summed E-state index contributed by atoms with van der Waals surface area (Å²) in [5, 5.41) is 19.3. The van der Waals surface area contributed by atoms with E-state index in [-0.39, 0.29) is 17.0 Å². The Morgan fingerprint density at radius 1 is 1.41 bits per heavy atom. The lowest BCUT2D eigenvalue weighted by Gasteiger charge is -2.19. The Labute approximate surface area is 195 Å². The maximum absolute atomic E-state index is 13.9. The number of aliphatic hydroxyl groups is 1. The van der Waals surface area contributed by atoms with Gasteiger partial charge in [0.05, 0.1) is 49.0 Å². The molecule has 1 amide bonds. The molecule has 34 heavy (non-hydrogen) atoms. The summed E-state index contributed by atoms with van der Waals surface area (Å²) in [6, 6.07) is 6.63. The first-order chi connectivity index (χ1) is 16.3. The zero-order valence-electron chi connectivity index (χ0n) is 18.9. The number of nitrogens with one attached hydrogen (secondary N) is 2. The van der Waals surface area contributed by atoms with E-state index in [0.717, 1.165) is 6.42 Å². The Bertz CT molecular complexity index is 1160. The fourth-order valence-corrected chi connectivity index (χ4v) is 3.97. The largest absolute Gasteiger partial charge is 0.492 e. The predicted octanol–water partition coefficient (Wildman–Crippen LogP) is 3.56. The number of alkyl halides is 2. The van der Waals surface area contributed by atoms with Crippen molar-refractivity contribution < 1.29 is 32.9 Å². The van der Waals surface area contributed by atoms with Gasteiger partial charge in [0.2, 0.25) is 0 Å². The maximum Gasteiger partial charge on any atom is 0.295 e. The SMILES string of the molecule is COc1c(OC[C@H]2CCOC2)cc(C(=O)N[C@H](C)c2cccc(C(F)(F)CO)c2)c2[nH]ncc12. The van der Waals surface area contributed by atoms with Crippen molar-refractivity contribution in [2.24, 2.45) is 5.92 Å². The van der Waals surface area contributed by atoms with Crippen LogP contribution in [0.4, 0.5) is 8.78 Å². The van der Waals surface area contributed by atoms with E-state index in [1.165, 1.54) is 25.3 Å². The highest BCUT2D eigenvalue weighted by molar-refractivity contribution is 6.08. The third-order valence-electron chi connectivity index (χ3n) is 5.95. The Balaban J connectivity index is 1.59. The van der Waals surface area contributed by atoms with Crippen molar-refractivity contribution in [3.8, 4) is 11.5 Å². The summed E-state index contributed by atoms with van der Waals surface area (Å²) in [5.74, 6) is -2.67. The first-order valence-electron chi connectivity index (χ1n) is 11.0. The number of amides is 1. The molecule has 8 nitrogen and oxygen atoms in total. The molecule has 4 rings (SSSR count). The predicted molar refractivity (Wildman–Crippen MR) is 120 cm³/mol. The molecule has 0 bridgehead atoms. The normalized spacial score (nSPS) is 17.0. The molecule has 3 N–H and O–H groups in total. The minimum absolute atomic E-state index is 0.256. The molecule has 1 saturated heterocycles. The van der Waals surface area contributed by atoms with Gasteiger partial charge >= 0.3 is 0 Å². The van der Waals surface area contributed by atoms with Crippen LogP contribution in [-0.2, 0) is 10.7 Å². The molecule has 1 aromatic heterocycles. The zero-order chi connectivity index (χ0) is 24.3. The number of fused-ring (bicyclic) bond motifs is 1. The highest BCUT2D eigenvalue weighted by atomic mass is 19.3. The molecule has 0 unspecified atom stereocenters. The molecule has 2 atom stereocenters. The van der Waals surface area contributed by atoms with E-state index in [2.05, 4.69) is 15.5 Å². The third kappa shape index (κ3) is 4.83. The van der Waals surface area contributed by atoms with Crippen LogP contribution in [0.5, 0.6) is 11.5 Å². The first-order valence-corrected chi connectivity index (χ1v) is 11.0. The number of carbonyl (C=O) groups excluding carboxylic acids is 1. The van der Waals surface area contributed by atoms with Gasteiger partial charge in [-0.05, 0) is 31.0 Å². The number of ether oxygens (including phenoxy) is 3. The number of nitrogens with zero attached hydrogens (tertiary/aromatic N) is 1. The monoisotopic (exact) mass is 475 g/mol. The molecular weight excluding hydrogens is 448 g/mol. The standard InChI is InChI=1S/C24H27F2N3O5/c1-14(16-4-3-5-17(8-16)24(25,26)13-30)28-23(31)18-9-20(34-12-15-6-7-33-11-15)22(32-2)19-10-27-29-21(18)19/h3-5,8-10,14-15,30H,6-7,11-13H2,1-2H3,(H,27,29)(H,28,31)/t14-,15+/m1/s1. The summed E-state index contributed by atoms with van der Waals surface area (Å²) >= 11 is 0. The van der Waals surface area contributed by atoms with Crippen molar-refractivity contribution in [3.05, 3.63) is 53.2 Å². The molecule has 1 fully saturated rings. The fourth-order valence-electron chi connectivity index (χ4n) is 3.97. The van der Waals surface area contributed by atoms with Crippen LogP contribution in [0.1, 0.15) is 40.9 Å². The van der Waals surface area contributed by atoms with E-state index in [9.17, 15) is 13.6 Å². The molecule has 3 aromatic rings. The number of halogens is 2. The minimum atomic E-state index is -3.37. The van der Waals surface area contributed by atoms with Gasteiger partial charge in [-0.2, -0.15) is 13.9 Å². The number of aliphatic hydroxyl groups excluding tert-OH is 1. The highest BCUT2D eigenvalue weighted by Gasteiger charge is 2.31. The van der Waals surface area contributed by atoms with Crippen molar-refractivity contribution in [2.45, 2.75) is 25.3 Å². The van der Waals surface area contributed by atoms with Gasteiger partial charge in [-0.15, -0.1) is 0 Å². The van der Waals surface area contributed by atoms with E-state index in [4.69, 9.17) is 19.3 Å². The second kappa shape index (κ2) is 9.94. The van der Waals surface area contributed by atoms with E-state index in [0.29, 0.717) is 47.8 Å². The number of carbonyl (C=O) groups is 1. The lowest BCUT2D eigenvalue weighted by molar-refractivity contribution is -0.0556. The lowest BCUT2D eigenvalue weighted by atomic mass is 10.0. The average molecular weight is 475 g/mol. The van der Waals surface area contributed by atoms with Gasteiger partial charge in [0, 0.05) is 18.1 Å². The van der Waals surface area contributed by atoms with Gasteiger partial charge < -0.3 is 24.6 Å². The van der Waals surface area contributed by atoms with Crippen LogP contribution in [0, 0.1) is 5.92 Å². The molecule has 0 radical (unpaired) electrons. The number of aromatic nitrogens is 2. The van der Waals surface area contributed by atoms with Crippen LogP contribution in [0.15, 0.2) is 36.5 Å². The zero-order valence-corrected chi connectivity index (χ0v) is 18.9. The second-order valence-electron chi connectivity index (χ2n) is 8.34. The van der Waals surface area contributed by atoms with Crippen LogP contribution < -0.4 is 14.8 Å². The summed E-state index contributed by atoms with van der Waals surface area (Å²) < 4.78 is 44.8. The number of methoxy groups -OCH3 is 1.